The molecular formula is C32H14N8O12. The number of hydrogen-bond donors (Lipinski definition) is 0. The maximum atomic E-state index is 12.0. The van der Waals surface area contributed by atoms with E-state index in [9.17, 15) is 60.7 Å². The second-order valence-corrected chi connectivity index (χ2v) is 11.2. The van der Waals surface area contributed by atoms with Crippen LogP contribution in [0.4, 0.5) is 45.5 Å². The van der Waals surface area contributed by atoms with Crippen molar-refractivity contribution >= 4 is 56.9 Å². The highest BCUT2D eigenvalue weighted by molar-refractivity contribution is 6.28. The third-order valence-electron chi connectivity index (χ3n) is 8.34. The summed E-state index contributed by atoms with van der Waals surface area (Å²) in [4.78, 5) is 75.1. The molecule has 0 aromatic heterocycles. The smallest absolute Gasteiger partial charge is 0.258 e. The molecule has 0 fully saturated rings. The van der Waals surface area contributed by atoms with Crippen molar-refractivity contribution in [1.29, 1.82) is 0 Å². The minimum atomic E-state index is -0.818. The molecule has 5 aromatic rings. The molecule has 0 atom stereocenters. The lowest BCUT2D eigenvalue weighted by Crippen LogP contribution is -2.02. The van der Waals surface area contributed by atoms with Crippen molar-refractivity contribution in [1.82, 2.24) is 0 Å². The molecule has 0 heterocycles. The van der Waals surface area contributed by atoms with Crippen LogP contribution in [-0.2, 0) is 0 Å². The number of hydrogen-bond acceptors (Lipinski definition) is 14. The van der Waals surface area contributed by atoms with E-state index in [1.54, 1.807) is 0 Å². The molecule has 0 N–H and O–H groups in total. The molecule has 0 saturated carbocycles. The van der Waals surface area contributed by atoms with Crippen LogP contribution >= 0.6 is 0 Å². The Morgan fingerprint density at radius 1 is 0.346 bits per heavy atom. The fourth-order valence-electron chi connectivity index (χ4n) is 6.17. The van der Waals surface area contributed by atoms with E-state index < -0.39 is 52.3 Å². The number of aliphatic imine (C=N–C) groups is 2. The number of rotatable bonds is 8. The fourth-order valence-corrected chi connectivity index (χ4v) is 6.17. The van der Waals surface area contributed by atoms with E-state index in [2.05, 4.69) is 9.98 Å². The van der Waals surface area contributed by atoms with E-state index in [0.717, 1.165) is 48.5 Å². The van der Waals surface area contributed by atoms with Crippen LogP contribution in [0.1, 0.15) is 22.3 Å². The molecule has 5 aromatic carbocycles. The Labute approximate surface area is 286 Å². The van der Waals surface area contributed by atoms with Gasteiger partial charge < -0.3 is 0 Å². The lowest BCUT2D eigenvalue weighted by atomic mass is 10.0. The Bertz CT molecular complexity index is 2420. The van der Waals surface area contributed by atoms with E-state index in [1.165, 1.54) is 36.4 Å². The molecule has 0 unspecified atom stereocenters. The van der Waals surface area contributed by atoms with Gasteiger partial charge in [-0.1, -0.05) is 0 Å². The third kappa shape index (κ3) is 5.20. The van der Waals surface area contributed by atoms with Gasteiger partial charge in [-0.15, -0.1) is 0 Å². The predicted molar refractivity (Wildman–Crippen MR) is 181 cm³/mol. The summed E-state index contributed by atoms with van der Waals surface area (Å²) < 4.78 is 0. The first-order chi connectivity index (χ1) is 24.7. The summed E-state index contributed by atoms with van der Waals surface area (Å²) in [6, 6.07) is 16.6. The molecule has 0 spiro atoms. The van der Waals surface area contributed by atoms with Gasteiger partial charge in [0.15, 0.2) is 0 Å². The van der Waals surface area contributed by atoms with Crippen molar-refractivity contribution in [2.45, 2.75) is 0 Å². The van der Waals surface area contributed by atoms with Crippen LogP contribution in [0.15, 0.2) is 94.9 Å². The number of nitro groups is 6. The Kier molecular flexibility index (Phi) is 7.33. The fraction of sp³-hybridized carbons (Fsp3) is 0. The molecule has 7 rings (SSSR count). The maximum Gasteiger partial charge on any atom is 0.284 e. The third-order valence-corrected chi connectivity index (χ3v) is 8.34. The molecule has 0 radical (unpaired) electrons. The zero-order valence-corrected chi connectivity index (χ0v) is 25.6. The summed E-state index contributed by atoms with van der Waals surface area (Å²) in [5.41, 5.74) is -2.28. The summed E-state index contributed by atoms with van der Waals surface area (Å²) in [7, 11) is 0. The van der Waals surface area contributed by atoms with E-state index in [0.29, 0.717) is 0 Å². The van der Waals surface area contributed by atoms with Gasteiger partial charge >= 0.3 is 0 Å². The number of non-ortho nitro benzene ring substituents is 4. The second-order valence-electron chi connectivity index (χ2n) is 11.2. The highest BCUT2D eigenvalue weighted by Gasteiger charge is 2.37. The zero-order chi connectivity index (χ0) is 37.2. The van der Waals surface area contributed by atoms with Gasteiger partial charge in [0.05, 0.1) is 75.6 Å². The average Bonchev–Trinajstić information content (AvgIpc) is 3.59. The Morgan fingerprint density at radius 3 is 0.981 bits per heavy atom. The van der Waals surface area contributed by atoms with Gasteiger partial charge in [0.2, 0.25) is 0 Å². The second kappa shape index (κ2) is 11.8. The monoisotopic (exact) mass is 702 g/mol. The van der Waals surface area contributed by atoms with Crippen molar-refractivity contribution in [3.8, 4) is 22.3 Å². The average molecular weight is 703 g/mol. The molecule has 2 aliphatic carbocycles. The van der Waals surface area contributed by atoms with Crippen LogP contribution in [0, 0.1) is 60.7 Å². The first-order valence-electron chi connectivity index (χ1n) is 14.5. The van der Waals surface area contributed by atoms with Gasteiger partial charge in [-0.2, -0.15) is 0 Å². The molecule has 20 heteroatoms. The lowest BCUT2D eigenvalue weighted by Gasteiger charge is -2.05. The lowest BCUT2D eigenvalue weighted by molar-refractivity contribution is -0.394. The van der Waals surface area contributed by atoms with E-state index in [-0.39, 0.29) is 78.7 Å². The normalized spacial score (nSPS) is 13.6. The quantitative estimate of drug-likeness (QED) is 0.110. The van der Waals surface area contributed by atoms with Gasteiger partial charge in [0.1, 0.15) is 0 Å². The Morgan fingerprint density at radius 2 is 0.673 bits per heavy atom. The number of benzene rings is 5. The molecule has 52 heavy (non-hydrogen) atoms. The summed E-state index contributed by atoms with van der Waals surface area (Å²) >= 11 is 0. The summed E-state index contributed by atoms with van der Waals surface area (Å²) in [5.74, 6) is 0. The number of nitrogens with zero attached hydrogens (tertiary/aromatic N) is 8. The number of nitro benzene ring substituents is 6. The van der Waals surface area contributed by atoms with Crippen molar-refractivity contribution < 1.29 is 29.5 Å². The van der Waals surface area contributed by atoms with Crippen molar-refractivity contribution in [3.63, 3.8) is 0 Å². The van der Waals surface area contributed by atoms with Gasteiger partial charge in [0, 0.05) is 58.7 Å². The predicted octanol–water partition coefficient (Wildman–Crippen LogP) is 7.43. The van der Waals surface area contributed by atoms with Crippen molar-refractivity contribution in [3.05, 3.63) is 168 Å². The van der Waals surface area contributed by atoms with Crippen LogP contribution in [0.3, 0.4) is 0 Å². The molecule has 0 aliphatic heterocycles. The van der Waals surface area contributed by atoms with Crippen molar-refractivity contribution in [2.24, 2.45) is 9.98 Å². The van der Waals surface area contributed by atoms with Gasteiger partial charge in [-0.25, -0.2) is 9.98 Å². The molecule has 2 aliphatic rings. The summed E-state index contributed by atoms with van der Waals surface area (Å²) in [6.45, 7) is 0. The summed E-state index contributed by atoms with van der Waals surface area (Å²) in [5, 5.41) is 70.6. The van der Waals surface area contributed by atoms with Gasteiger partial charge in [-0.3, -0.25) is 60.7 Å². The van der Waals surface area contributed by atoms with Crippen LogP contribution < -0.4 is 0 Å². The minimum absolute atomic E-state index is 0.00956. The molecule has 0 saturated heterocycles. The largest absolute Gasteiger partial charge is 0.284 e. The minimum Gasteiger partial charge on any atom is -0.258 e. The SMILES string of the molecule is O=[N+]([O-])c1ccc2c(c1)C(=Nc1ccc(N=C3c4cc([N+](=O)[O-])ccc4-c4c3cc([N+](=O)[O-])cc4[N+](=O)[O-])cc1)c1cc([N+](=O)[O-])cc([N+](=O)[O-])c1-2. The number of fused-ring (bicyclic) bond motifs is 6. The molecular weight excluding hydrogens is 688 g/mol. The highest BCUT2D eigenvalue weighted by Crippen LogP contribution is 2.48. The first-order valence-corrected chi connectivity index (χ1v) is 14.5. The Balaban J connectivity index is 1.39. The molecule has 254 valence electrons. The van der Waals surface area contributed by atoms with E-state index in [4.69, 9.17) is 0 Å². The first kappa shape index (κ1) is 32.4. The van der Waals surface area contributed by atoms with Crippen LogP contribution in [0.25, 0.3) is 22.3 Å². The highest BCUT2D eigenvalue weighted by atomic mass is 16.6. The van der Waals surface area contributed by atoms with E-state index in [1.807, 2.05) is 0 Å². The van der Waals surface area contributed by atoms with Gasteiger partial charge in [0.25, 0.3) is 34.1 Å². The molecule has 20 nitrogen and oxygen atoms in total. The summed E-state index contributed by atoms with van der Waals surface area (Å²) in [6.07, 6.45) is 0. The molecule has 0 bridgehead atoms. The van der Waals surface area contributed by atoms with Crippen LogP contribution in [0.2, 0.25) is 0 Å². The van der Waals surface area contributed by atoms with Crippen molar-refractivity contribution in [2.75, 3.05) is 0 Å². The van der Waals surface area contributed by atoms with Gasteiger partial charge in [-0.05, 0) is 47.5 Å². The molecule has 0 amide bonds. The zero-order valence-electron chi connectivity index (χ0n) is 25.6. The van der Waals surface area contributed by atoms with E-state index >= 15 is 0 Å². The standard InChI is InChI=1S/C32H14N8O12/c41-35(42)17-5-7-21-23(9-17)31(25-11-19(37(45)46)13-27(29(21)25)39(49)50)33-15-1-2-16(4-3-15)34-32-24-10-18(36(43)44)6-8-22(24)30-26(32)12-20(38(47)48)14-28(30)40(51)52/h1-14H. The topological polar surface area (TPSA) is 284 Å². The van der Waals surface area contributed by atoms with Crippen LogP contribution in [-0.4, -0.2) is 41.0 Å². The maximum absolute atomic E-state index is 12.0. The van der Waals surface area contributed by atoms with Crippen LogP contribution in [0.5, 0.6) is 0 Å². The Hall–Kier alpha value is -8.16.